The van der Waals surface area contributed by atoms with E-state index >= 15 is 0 Å². The van der Waals surface area contributed by atoms with Crippen LogP contribution in [-0.2, 0) is 7.05 Å². The van der Waals surface area contributed by atoms with E-state index in [1.807, 2.05) is 13.2 Å². The molecule has 0 fully saturated rings. The van der Waals surface area contributed by atoms with Gasteiger partial charge >= 0.3 is 0 Å². The van der Waals surface area contributed by atoms with Crippen LogP contribution in [0.15, 0.2) is 6.20 Å². The third-order valence-corrected chi connectivity index (χ3v) is 2.08. The third kappa shape index (κ3) is 1.95. The Hall–Kier alpha value is -1.32. The van der Waals surface area contributed by atoms with E-state index in [2.05, 4.69) is 18.8 Å². The molecule has 0 saturated heterocycles. The lowest BCUT2D eigenvalue weighted by Gasteiger charge is -2.08. The lowest BCUT2D eigenvalue weighted by Crippen LogP contribution is -2.24. The number of rotatable bonds is 2. The van der Waals surface area contributed by atoms with Crippen LogP contribution in [0, 0.1) is 0 Å². The Morgan fingerprint density at radius 1 is 1.50 bits per heavy atom. The fourth-order valence-corrected chi connectivity index (χ4v) is 1.17. The maximum atomic E-state index is 11.6. The smallest absolute Gasteiger partial charge is 0.289 e. The van der Waals surface area contributed by atoms with Crippen LogP contribution in [0.1, 0.15) is 36.1 Å². The van der Waals surface area contributed by atoms with Crippen LogP contribution in [0.2, 0.25) is 0 Å². The first kappa shape index (κ1) is 10.8. The normalized spacial score (nSPS) is 10.7. The van der Waals surface area contributed by atoms with Crippen LogP contribution < -0.4 is 0 Å². The first-order valence-electron chi connectivity index (χ1n) is 4.68. The fraction of sp³-hybridized carbons (Fsp3) is 0.600. The van der Waals surface area contributed by atoms with Crippen LogP contribution in [0.3, 0.4) is 0 Å². The molecule has 0 aliphatic rings. The van der Waals surface area contributed by atoms with Gasteiger partial charge in [-0.3, -0.25) is 4.79 Å². The number of amides is 1. The molecule has 1 aromatic rings. The number of carbonyl (C=O) groups excluding carboxylic acids is 1. The molecule has 0 unspecified atom stereocenters. The zero-order chi connectivity index (χ0) is 10.9. The van der Waals surface area contributed by atoms with Gasteiger partial charge in [-0.2, -0.15) is 0 Å². The quantitative estimate of drug-likeness (QED) is 0.712. The van der Waals surface area contributed by atoms with Gasteiger partial charge in [0, 0.05) is 27.3 Å². The van der Waals surface area contributed by atoms with E-state index in [0.717, 1.165) is 5.69 Å². The predicted molar refractivity (Wildman–Crippen MR) is 55.3 cm³/mol. The molecular weight excluding hydrogens is 178 g/mol. The SMILES string of the molecule is CC(C)c1cn(C)c(C(=O)N(C)C)n1. The van der Waals surface area contributed by atoms with Crippen molar-refractivity contribution in [2.24, 2.45) is 7.05 Å². The molecule has 0 aliphatic heterocycles. The summed E-state index contributed by atoms with van der Waals surface area (Å²) in [5.41, 5.74) is 0.956. The minimum absolute atomic E-state index is 0.0561. The van der Waals surface area contributed by atoms with E-state index in [0.29, 0.717) is 11.7 Å². The Labute approximate surface area is 84.5 Å². The molecule has 1 amide bonds. The summed E-state index contributed by atoms with van der Waals surface area (Å²) in [7, 11) is 5.30. The van der Waals surface area contributed by atoms with Crippen molar-refractivity contribution in [2.45, 2.75) is 19.8 Å². The van der Waals surface area contributed by atoms with Crippen molar-refractivity contribution in [3.05, 3.63) is 17.7 Å². The highest BCUT2D eigenvalue weighted by Crippen LogP contribution is 2.13. The van der Waals surface area contributed by atoms with Crippen molar-refractivity contribution in [1.82, 2.24) is 14.5 Å². The second kappa shape index (κ2) is 3.82. The molecule has 4 heteroatoms. The number of imidazole rings is 1. The van der Waals surface area contributed by atoms with Gasteiger partial charge in [-0.15, -0.1) is 0 Å². The van der Waals surface area contributed by atoms with Gasteiger partial charge in [-0.1, -0.05) is 13.8 Å². The Kier molecular flexibility index (Phi) is 2.93. The molecular formula is C10H17N3O. The highest BCUT2D eigenvalue weighted by Gasteiger charge is 2.16. The Balaban J connectivity index is 3.04. The van der Waals surface area contributed by atoms with Gasteiger partial charge in [-0.05, 0) is 5.92 Å². The van der Waals surface area contributed by atoms with Crippen molar-refractivity contribution in [3.63, 3.8) is 0 Å². The largest absolute Gasteiger partial charge is 0.342 e. The lowest BCUT2D eigenvalue weighted by molar-refractivity contribution is 0.0812. The van der Waals surface area contributed by atoms with E-state index in [1.54, 1.807) is 18.7 Å². The zero-order valence-corrected chi connectivity index (χ0v) is 9.40. The van der Waals surface area contributed by atoms with E-state index in [-0.39, 0.29) is 5.91 Å². The Morgan fingerprint density at radius 3 is 2.43 bits per heavy atom. The molecule has 0 bridgehead atoms. The van der Waals surface area contributed by atoms with Crippen LogP contribution in [0.5, 0.6) is 0 Å². The van der Waals surface area contributed by atoms with Crippen molar-refractivity contribution in [2.75, 3.05) is 14.1 Å². The molecule has 0 radical (unpaired) electrons. The summed E-state index contributed by atoms with van der Waals surface area (Å²) in [4.78, 5) is 17.5. The van der Waals surface area contributed by atoms with Gasteiger partial charge in [0.05, 0.1) is 5.69 Å². The number of hydrogen-bond donors (Lipinski definition) is 0. The summed E-state index contributed by atoms with van der Waals surface area (Å²) in [6, 6.07) is 0. The minimum Gasteiger partial charge on any atom is -0.342 e. The summed E-state index contributed by atoms with van der Waals surface area (Å²) in [5.74, 6) is 0.794. The van der Waals surface area contributed by atoms with Gasteiger partial charge in [-0.25, -0.2) is 4.98 Å². The highest BCUT2D eigenvalue weighted by molar-refractivity contribution is 5.90. The molecule has 0 atom stereocenters. The molecule has 14 heavy (non-hydrogen) atoms. The standard InChI is InChI=1S/C10H17N3O/c1-7(2)8-6-13(5)9(11-8)10(14)12(3)4/h6-7H,1-5H3. The van der Waals surface area contributed by atoms with Gasteiger partial charge in [0.1, 0.15) is 0 Å². The van der Waals surface area contributed by atoms with Crippen LogP contribution >= 0.6 is 0 Å². The molecule has 0 aromatic carbocycles. The fourth-order valence-electron chi connectivity index (χ4n) is 1.17. The number of nitrogens with zero attached hydrogens (tertiary/aromatic N) is 3. The topological polar surface area (TPSA) is 38.1 Å². The third-order valence-electron chi connectivity index (χ3n) is 2.08. The van der Waals surface area contributed by atoms with Gasteiger partial charge in [0.15, 0.2) is 5.82 Å². The van der Waals surface area contributed by atoms with Crippen molar-refractivity contribution >= 4 is 5.91 Å². The highest BCUT2D eigenvalue weighted by atomic mass is 16.2. The van der Waals surface area contributed by atoms with Gasteiger partial charge in [0.25, 0.3) is 5.91 Å². The predicted octanol–water partition coefficient (Wildman–Crippen LogP) is 1.25. The Morgan fingerprint density at radius 2 is 2.07 bits per heavy atom. The molecule has 4 nitrogen and oxygen atoms in total. The van der Waals surface area contributed by atoms with Crippen molar-refractivity contribution < 1.29 is 4.79 Å². The van der Waals surface area contributed by atoms with Crippen LogP contribution in [0.25, 0.3) is 0 Å². The van der Waals surface area contributed by atoms with Crippen LogP contribution in [0.4, 0.5) is 0 Å². The number of aromatic nitrogens is 2. The molecule has 1 aromatic heterocycles. The average Bonchev–Trinajstić information content (AvgIpc) is 2.46. The summed E-state index contributed by atoms with van der Waals surface area (Å²) in [5, 5.41) is 0. The summed E-state index contributed by atoms with van der Waals surface area (Å²) >= 11 is 0. The number of carbonyl (C=O) groups is 1. The lowest BCUT2D eigenvalue weighted by atomic mass is 10.2. The van der Waals surface area contributed by atoms with Crippen molar-refractivity contribution in [1.29, 1.82) is 0 Å². The second-order valence-corrected chi connectivity index (χ2v) is 3.95. The molecule has 0 N–H and O–H groups in total. The monoisotopic (exact) mass is 195 g/mol. The van der Waals surface area contributed by atoms with Gasteiger partial charge in [0.2, 0.25) is 0 Å². The minimum atomic E-state index is -0.0561. The van der Waals surface area contributed by atoms with E-state index in [1.165, 1.54) is 4.90 Å². The molecule has 1 heterocycles. The molecule has 0 spiro atoms. The summed E-state index contributed by atoms with van der Waals surface area (Å²) < 4.78 is 1.78. The van der Waals surface area contributed by atoms with E-state index in [9.17, 15) is 4.79 Å². The zero-order valence-electron chi connectivity index (χ0n) is 9.40. The van der Waals surface area contributed by atoms with Gasteiger partial charge < -0.3 is 9.47 Å². The summed E-state index contributed by atoms with van der Waals surface area (Å²) in [6.45, 7) is 4.12. The van der Waals surface area contributed by atoms with Crippen LogP contribution in [-0.4, -0.2) is 34.5 Å². The molecule has 1 rings (SSSR count). The average molecular weight is 195 g/mol. The molecule has 0 saturated carbocycles. The van der Waals surface area contributed by atoms with Crippen molar-refractivity contribution in [3.8, 4) is 0 Å². The van der Waals surface area contributed by atoms with E-state index < -0.39 is 0 Å². The first-order valence-corrected chi connectivity index (χ1v) is 4.68. The molecule has 0 aliphatic carbocycles. The van der Waals surface area contributed by atoms with E-state index in [4.69, 9.17) is 0 Å². The number of hydrogen-bond acceptors (Lipinski definition) is 2. The maximum absolute atomic E-state index is 11.6. The maximum Gasteiger partial charge on any atom is 0.289 e. The number of aryl methyl sites for hydroxylation is 1. The first-order chi connectivity index (χ1) is 6.43. The summed E-state index contributed by atoms with van der Waals surface area (Å²) in [6.07, 6.45) is 1.90. The second-order valence-electron chi connectivity index (χ2n) is 3.95. The molecule has 78 valence electrons. The Bertz CT molecular complexity index is 339.